The van der Waals surface area contributed by atoms with Gasteiger partial charge in [0.1, 0.15) is 0 Å². The second-order valence-corrected chi connectivity index (χ2v) is 3.42. The maximum atomic E-state index is 10.4. The van der Waals surface area contributed by atoms with Crippen LogP contribution in [-0.2, 0) is 11.4 Å². The molecule has 0 aliphatic heterocycles. The highest BCUT2D eigenvalue weighted by atomic mass is 16.4. The van der Waals surface area contributed by atoms with E-state index in [1.807, 2.05) is 24.3 Å². The van der Waals surface area contributed by atoms with Gasteiger partial charge in [0.2, 0.25) is 0 Å². The predicted molar refractivity (Wildman–Crippen MR) is 62.8 cm³/mol. The summed E-state index contributed by atoms with van der Waals surface area (Å²) in [6, 6.07) is 7.42. The van der Waals surface area contributed by atoms with E-state index in [0.717, 1.165) is 17.2 Å². The van der Waals surface area contributed by atoms with Gasteiger partial charge in [-0.15, -0.1) is 0 Å². The fourth-order valence-corrected chi connectivity index (χ4v) is 1.30. The molecule has 0 radical (unpaired) electrons. The number of aliphatic hydroxyl groups excluding tert-OH is 1. The molecule has 2 N–H and O–H groups in total. The third-order valence-corrected chi connectivity index (χ3v) is 2.10. The molecule has 0 heterocycles. The molecule has 0 aliphatic carbocycles. The normalized spacial score (nSPS) is 12.0. The predicted octanol–water partition coefficient (Wildman–Crippen LogP) is 2.22. The molecule has 0 amide bonds. The van der Waals surface area contributed by atoms with Gasteiger partial charge in [0.25, 0.3) is 0 Å². The lowest BCUT2D eigenvalue weighted by Crippen LogP contribution is -1.89. The highest BCUT2D eigenvalue weighted by molar-refractivity contribution is 5.81. The summed E-state index contributed by atoms with van der Waals surface area (Å²) >= 11 is 0. The third-order valence-electron chi connectivity index (χ3n) is 2.10. The summed E-state index contributed by atoms with van der Waals surface area (Å²) < 4.78 is 0. The van der Waals surface area contributed by atoms with Crippen LogP contribution >= 0.6 is 0 Å². The van der Waals surface area contributed by atoms with Crippen molar-refractivity contribution in [3.63, 3.8) is 0 Å². The van der Waals surface area contributed by atoms with Crippen molar-refractivity contribution in [2.45, 2.75) is 13.5 Å². The first-order chi connectivity index (χ1) is 7.63. The van der Waals surface area contributed by atoms with Gasteiger partial charge in [0, 0.05) is 6.08 Å². The van der Waals surface area contributed by atoms with Crippen molar-refractivity contribution >= 4 is 12.0 Å². The molecule has 0 saturated carbocycles. The zero-order chi connectivity index (χ0) is 12.0. The van der Waals surface area contributed by atoms with Crippen LogP contribution in [0.25, 0.3) is 6.08 Å². The molecule has 0 aromatic heterocycles. The van der Waals surface area contributed by atoms with E-state index in [9.17, 15) is 4.79 Å². The maximum absolute atomic E-state index is 10.4. The quantitative estimate of drug-likeness (QED) is 0.601. The average Bonchev–Trinajstić information content (AvgIpc) is 2.26. The summed E-state index contributed by atoms with van der Waals surface area (Å²) in [7, 11) is 0. The zero-order valence-corrected chi connectivity index (χ0v) is 9.05. The second kappa shape index (κ2) is 5.88. The molecule has 1 aromatic carbocycles. The van der Waals surface area contributed by atoms with Gasteiger partial charge < -0.3 is 10.2 Å². The standard InChI is InChI=1S/C13H14O3/c1-10(8-13(15)16)6-7-11-4-2-3-5-12(11)9-14/h2-8,14H,9H2,1H3,(H,15,16)/b7-6+,10-8+. The number of aliphatic carboxylic acids is 1. The van der Waals surface area contributed by atoms with E-state index in [2.05, 4.69) is 0 Å². The van der Waals surface area contributed by atoms with Crippen molar-refractivity contribution in [3.05, 3.63) is 53.1 Å². The number of carboxylic acids is 1. The first kappa shape index (κ1) is 12.2. The molecule has 84 valence electrons. The number of hydrogen-bond acceptors (Lipinski definition) is 2. The Balaban J connectivity index is 2.88. The van der Waals surface area contributed by atoms with E-state index >= 15 is 0 Å². The van der Waals surface area contributed by atoms with E-state index in [4.69, 9.17) is 10.2 Å². The summed E-state index contributed by atoms with van der Waals surface area (Å²) in [6.45, 7) is 1.69. The largest absolute Gasteiger partial charge is 0.478 e. The smallest absolute Gasteiger partial charge is 0.328 e. The van der Waals surface area contributed by atoms with Crippen LogP contribution in [0.2, 0.25) is 0 Å². The fourth-order valence-electron chi connectivity index (χ4n) is 1.30. The van der Waals surface area contributed by atoms with E-state index < -0.39 is 5.97 Å². The molecule has 0 fully saturated rings. The molecule has 0 spiro atoms. The van der Waals surface area contributed by atoms with Gasteiger partial charge in [-0.3, -0.25) is 0 Å². The fraction of sp³-hybridized carbons (Fsp3) is 0.154. The molecule has 0 aliphatic rings. The Morgan fingerprint density at radius 3 is 2.69 bits per heavy atom. The van der Waals surface area contributed by atoms with Gasteiger partial charge in [0.15, 0.2) is 0 Å². The highest BCUT2D eigenvalue weighted by Gasteiger charge is 1.96. The van der Waals surface area contributed by atoms with Crippen LogP contribution in [0.5, 0.6) is 0 Å². The molecular weight excluding hydrogens is 204 g/mol. The van der Waals surface area contributed by atoms with E-state index in [-0.39, 0.29) is 6.61 Å². The van der Waals surface area contributed by atoms with Crippen LogP contribution < -0.4 is 0 Å². The highest BCUT2D eigenvalue weighted by Crippen LogP contribution is 2.11. The molecule has 16 heavy (non-hydrogen) atoms. The summed E-state index contributed by atoms with van der Waals surface area (Å²) in [6.07, 6.45) is 4.64. The SMILES string of the molecule is CC(/C=C/c1ccccc1CO)=C\C(=O)O. The maximum Gasteiger partial charge on any atom is 0.328 e. The Morgan fingerprint density at radius 1 is 1.38 bits per heavy atom. The summed E-state index contributed by atoms with van der Waals surface area (Å²) in [5, 5.41) is 17.6. The number of allylic oxidation sites excluding steroid dienone is 2. The average molecular weight is 218 g/mol. The van der Waals surface area contributed by atoms with Gasteiger partial charge >= 0.3 is 5.97 Å². The van der Waals surface area contributed by atoms with Crippen LogP contribution in [0, 0.1) is 0 Å². The van der Waals surface area contributed by atoms with Crippen LogP contribution in [0.15, 0.2) is 42.0 Å². The van der Waals surface area contributed by atoms with Gasteiger partial charge in [-0.1, -0.05) is 36.4 Å². The van der Waals surface area contributed by atoms with E-state index in [0.29, 0.717) is 5.57 Å². The molecule has 0 saturated heterocycles. The van der Waals surface area contributed by atoms with E-state index in [1.165, 1.54) is 0 Å². The second-order valence-electron chi connectivity index (χ2n) is 3.42. The van der Waals surface area contributed by atoms with Crippen LogP contribution in [0.3, 0.4) is 0 Å². The van der Waals surface area contributed by atoms with Crippen LogP contribution in [0.1, 0.15) is 18.1 Å². The van der Waals surface area contributed by atoms with Crippen molar-refractivity contribution in [3.8, 4) is 0 Å². The summed E-state index contributed by atoms with van der Waals surface area (Å²) in [4.78, 5) is 10.4. The zero-order valence-electron chi connectivity index (χ0n) is 9.05. The molecule has 0 unspecified atom stereocenters. The topological polar surface area (TPSA) is 57.5 Å². The Labute approximate surface area is 94.4 Å². The molecule has 0 bridgehead atoms. The minimum absolute atomic E-state index is 0.0256. The summed E-state index contributed by atoms with van der Waals surface area (Å²) in [5.41, 5.74) is 2.37. The Hall–Kier alpha value is -1.87. The number of carboxylic acid groups (broad SMARTS) is 1. The van der Waals surface area contributed by atoms with Crippen LogP contribution in [0.4, 0.5) is 0 Å². The monoisotopic (exact) mass is 218 g/mol. The van der Waals surface area contributed by atoms with Crippen molar-refractivity contribution < 1.29 is 15.0 Å². The van der Waals surface area contributed by atoms with Crippen LogP contribution in [-0.4, -0.2) is 16.2 Å². The molecule has 1 aromatic rings. The summed E-state index contributed by atoms with van der Waals surface area (Å²) in [5.74, 6) is -0.961. The first-order valence-corrected chi connectivity index (χ1v) is 4.91. The molecule has 1 rings (SSSR count). The lowest BCUT2D eigenvalue weighted by atomic mass is 10.1. The van der Waals surface area contributed by atoms with Crippen molar-refractivity contribution in [2.75, 3.05) is 0 Å². The molecule has 0 atom stereocenters. The molecular formula is C13H14O3. The van der Waals surface area contributed by atoms with Crippen molar-refractivity contribution in [2.24, 2.45) is 0 Å². The Bertz CT molecular complexity index is 431. The van der Waals surface area contributed by atoms with Crippen molar-refractivity contribution in [1.29, 1.82) is 0 Å². The number of rotatable bonds is 4. The molecule has 3 heteroatoms. The number of benzene rings is 1. The minimum atomic E-state index is -0.961. The minimum Gasteiger partial charge on any atom is -0.478 e. The van der Waals surface area contributed by atoms with E-state index in [1.54, 1.807) is 19.1 Å². The Kier molecular flexibility index (Phi) is 4.48. The lowest BCUT2D eigenvalue weighted by Gasteiger charge is -2.01. The van der Waals surface area contributed by atoms with Crippen molar-refractivity contribution in [1.82, 2.24) is 0 Å². The number of hydrogen-bond donors (Lipinski definition) is 2. The molecule has 3 nitrogen and oxygen atoms in total. The third kappa shape index (κ3) is 3.71. The van der Waals surface area contributed by atoms with Gasteiger partial charge in [-0.05, 0) is 23.6 Å². The van der Waals surface area contributed by atoms with Gasteiger partial charge in [-0.2, -0.15) is 0 Å². The number of aliphatic hydroxyl groups is 1. The lowest BCUT2D eigenvalue weighted by molar-refractivity contribution is -0.131. The first-order valence-electron chi connectivity index (χ1n) is 4.91. The van der Waals surface area contributed by atoms with Gasteiger partial charge in [-0.25, -0.2) is 4.79 Å². The Morgan fingerprint density at radius 2 is 2.06 bits per heavy atom. The number of carbonyl (C=O) groups is 1. The van der Waals surface area contributed by atoms with Gasteiger partial charge in [0.05, 0.1) is 6.61 Å².